The Morgan fingerprint density at radius 2 is 1.73 bits per heavy atom. The van der Waals surface area contributed by atoms with Gasteiger partial charge in [-0.25, -0.2) is 9.59 Å². The van der Waals surface area contributed by atoms with E-state index in [2.05, 4.69) is 9.64 Å². The fourth-order valence-corrected chi connectivity index (χ4v) is 2.65. The molecule has 0 atom stereocenters. The molecule has 1 aromatic carbocycles. The molecular formula is C17H21NO4. The number of hydrogen-bond donors (Lipinski definition) is 0. The molecule has 0 aliphatic carbocycles. The third-order valence-corrected chi connectivity index (χ3v) is 3.76. The summed E-state index contributed by atoms with van der Waals surface area (Å²) in [6, 6.07) is 7.57. The van der Waals surface area contributed by atoms with Crippen LogP contribution in [0.2, 0.25) is 0 Å². The van der Waals surface area contributed by atoms with E-state index in [1.165, 1.54) is 26.7 Å². The third-order valence-electron chi connectivity index (χ3n) is 3.76. The van der Waals surface area contributed by atoms with E-state index < -0.39 is 11.9 Å². The predicted octanol–water partition coefficient (Wildman–Crippen LogP) is 2.41. The van der Waals surface area contributed by atoms with E-state index in [-0.39, 0.29) is 5.57 Å². The maximum absolute atomic E-state index is 12.1. The molecule has 1 fully saturated rings. The molecule has 1 aromatic rings. The Morgan fingerprint density at radius 1 is 1.05 bits per heavy atom. The number of esters is 2. The first-order valence-corrected chi connectivity index (χ1v) is 7.39. The minimum Gasteiger partial charge on any atom is -0.466 e. The van der Waals surface area contributed by atoms with Crippen LogP contribution in [0.5, 0.6) is 0 Å². The van der Waals surface area contributed by atoms with Gasteiger partial charge in [-0.05, 0) is 25.3 Å². The Morgan fingerprint density at radius 3 is 2.36 bits per heavy atom. The zero-order valence-corrected chi connectivity index (χ0v) is 13.0. The quantitative estimate of drug-likeness (QED) is 0.631. The summed E-state index contributed by atoms with van der Waals surface area (Å²) in [6.07, 6.45) is 4.67. The van der Waals surface area contributed by atoms with Gasteiger partial charge in [-0.3, -0.25) is 0 Å². The van der Waals surface area contributed by atoms with Crippen LogP contribution in [-0.2, 0) is 19.1 Å². The summed E-state index contributed by atoms with van der Waals surface area (Å²) >= 11 is 0. The average Bonchev–Trinajstić information content (AvgIpc) is 2.59. The first-order chi connectivity index (χ1) is 10.7. The fraction of sp³-hybridized carbons (Fsp3) is 0.412. The predicted molar refractivity (Wildman–Crippen MR) is 84.5 cm³/mol. The lowest BCUT2D eigenvalue weighted by Crippen LogP contribution is -2.30. The van der Waals surface area contributed by atoms with Gasteiger partial charge in [-0.1, -0.05) is 18.2 Å². The van der Waals surface area contributed by atoms with Gasteiger partial charge in [0.1, 0.15) is 0 Å². The molecule has 5 nitrogen and oxygen atoms in total. The topological polar surface area (TPSA) is 55.8 Å². The highest BCUT2D eigenvalue weighted by Gasteiger charge is 2.21. The summed E-state index contributed by atoms with van der Waals surface area (Å²) < 4.78 is 9.47. The van der Waals surface area contributed by atoms with Crippen LogP contribution in [0.25, 0.3) is 5.57 Å². The van der Waals surface area contributed by atoms with E-state index in [0.717, 1.165) is 31.6 Å². The smallest absolute Gasteiger partial charge is 0.338 e. The fourth-order valence-electron chi connectivity index (χ4n) is 2.65. The van der Waals surface area contributed by atoms with E-state index in [1.807, 2.05) is 24.3 Å². The van der Waals surface area contributed by atoms with E-state index in [1.54, 1.807) is 0 Å². The van der Waals surface area contributed by atoms with Crippen LogP contribution in [0.1, 0.15) is 24.8 Å². The number of carbonyl (C=O) groups is 2. The number of carbonyl (C=O) groups excluding carboxylic acids is 2. The highest BCUT2D eigenvalue weighted by Crippen LogP contribution is 2.30. The number of ether oxygens (including phenoxy) is 2. The molecule has 118 valence electrons. The lowest BCUT2D eigenvalue weighted by Gasteiger charge is -2.30. The number of methoxy groups -OCH3 is 2. The van der Waals surface area contributed by atoms with Crippen LogP contribution >= 0.6 is 0 Å². The van der Waals surface area contributed by atoms with Gasteiger partial charge >= 0.3 is 11.9 Å². The molecule has 2 rings (SSSR count). The SMILES string of the molecule is COC(=O)C=C(C(=O)OC)c1ccccc1N1CCCCC1. The minimum atomic E-state index is -0.575. The van der Waals surface area contributed by atoms with Crippen molar-refractivity contribution >= 4 is 23.2 Å². The number of anilines is 1. The second kappa shape index (κ2) is 7.64. The van der Waals surface area contributed by atoms with Crippen LogP contribution in [0.3, 0.4) is 0 Å². The number of hydrogen-bond acceptors (Lipinski definition) is 5. The molecule has 5 heteroatoms. The Bertz CT molecular complexity index is 574. The summed E-state index contributed by atoms with van der Waals surface area (Å²) in [6.45, 7) is 1.90. The second-order valence-corrected chi connectivity index (χ2v) is 5.14. The Hall–Kier alpha value is -2.30. The highest BCUT2D eigenvalue weighted by molar-refractivity contribution is 6.21. The summed E-state index contributed by atoms with van der Waals surface area (Å²) in [5.41, 5.74) is 1.86. The van der Waals surface area contributed by atoms with Gasteiger partial charge in [0, 0.05) is 30.4 Å². The zero-order chi connectivity index (χ0) is 15.9. The maximum atomic E-state index is 12.1. The molecule has 0 spiro atoms. The van der Waals surface area contributed by atoms with Crippen molar-refractivity contribution in [2.45, 2.75) is 19.3 Å². The van der Waals surface area contributed by atoms with Gasteiger partial charge < -0.3 is 14.4 Å². The lowest BCUT2D eigenvalue weighted by molar-refractivity contribution is -0.136. The minimum absolute atomic E-state index is 0.218. The summed E-state index contributed by atoms with van der Waals surface area (Å²) in [5, 5.41) is 0. The standard InChI is InChI=1S/C17H21NO4/c1-21-16(19)12-14(17(20)22-2)13-8-4-5-9-15(13)18-10-6-3-7-11-18/h4-5,8-9,12H,3,6-7,10-11H2,1-2H3. The molecule has 1 saturated heterocycles. The van der Waals surface area contributed by atoms with Crippen LogP contribution in [0.4, 0.5) is 5.69 Å². The number of para-hydroxylation sites is 1. The number of benzene rings is 1. The van der Waals surface area contributed by atoms with Crippen molar-refractivity contribution in [2.24, 2.45) is 0 Å². The van der Waals surface area contributed by atoms with Crippen molar-refractivity contribution < 1.29 is 19.1 Å². The molecule has 0 bridgehead atoms. The van der Waals surface area contributed by atoms with Gasteiger partial charge in [0.05, 0.1) is 19.8 Å². The Balaban J connectivity index is 2.45. The molecule has 0 saturated carbocycles. The molecule has 0 aromatic heterocycles. The van der Waals surface area contributed by atoms with E-state index >= 15 is 0 Å². The van der Waals surface area contributed by atoms with Crippen molar-refractivity contribution in [2.75, 3.05) is 32.2 Å². The van der Waals surface area contributed by atoms with Crippen LogP contribution in [0, 0.1) is 0 Å². The first-order valence-electron chi connectivity index (χ1n) is 7.39. The largest absolute Gasteiger partial charge is 0.466 e. The van der Waals surface area contributed by atoms with E-state index in [9.17, 15) is 9.59 Å². The van der Waals surface area contributed by atoms with Crippen molar-refractivity contribution in [3.8, 4) is 0 Å². The van der Waals surface area contributed by atoms with E-state index in [4.69, 9.17) is 4.74 Å². The molecule has 0 radical (unpaired) electrons. The third kappa shape index (κ3) is 3.67. The van der Waals surface area contributed by atoms with Gasteiger partial charge in [-0.15, -0.1) is 0 Å². The molecule has 0 unspecified atom stereocenters. The van der Waals surface area contributed by atoms with Gasteiger partial charge in [-0.2, -0.15) is 0 Å². The first kappa shape index (κ1) is 16.1. The molecule has 1 aliphatic heterocycles. The van der Waals surface area contributed by atoms with Crippen molar-refractivity contribution in [1.29, 1.82) is 0 Å². The Labute approximate surface area is 130 Å². The monoisotopic (exact) mass is 303 g/mol. The van der Waals surface area contributed by atoms with Gasteiger partial charge in [0.15, 0.2) is 0 Å². The van der Waals surface area contributed by atoms with E-state index in [0.29, 0.717) is 5.56 Å². The van der Waals surface area contributed by atoms with Gasteiger partial charge in [0.25, 0.3) is 0 Å². The lowest BCUT2D eigenvalue weighted by atomic mass is 10.0. The molecule has 1 heterocycles. The number of piperidine rings is 1. The molecule has 1 aliphatic rings. The van der Waals surface area contributed by atoms with Crippen molar-refractivity contribution in [1.82, 2.24) is 0 Å². The van der Waals surface area contributed by atoms with Crippen LogP contribution < -0.4 is 4.90 Å². The summed E-state index contributed by atoms with van der Waals surface area (Å²) in [4.78, 5) is 25.9. The number of rotatable bonds is 4. The molecule has 0 N–H and O–H groups in total. The van der Waals surface area contributed by atoms with Crippen molar-refractivity contribution in [3.05, 3.63) is 35.9 Å². The second-order valence-electron chi connectivity index (χ2n) is 5.14. The molecule has 0 amide bonds. The zero-order valence-electron chi connectivity index (χ0n) is 13.0. The highest BCUT2D eigenvalue weighted by atomic mass is 16.5. The Kier molecular flexibility index (Phi) is 5.58. The maximum Gasteiger partial charge on any atom is 0.338 e. The normalized spacial score (nSPS) is 15.4. The number of nitrogens with zero attached hydrogens (tertiary/aromatic N) is 1. The van der Waals surface area contributed by atoms with Crippen LogP contribution in [-0.4, -0.2) is 39.2 Å². The summed E-state index contributed by atoms with van der Waals surface area (Å²) in [5.74, 6) is -1.12. The van der Waals surface area contributed by atoms with Crippen molar-refractivity contribution in [3.63, 3.8) is 0 Å². The van der Waals surface area contributed by atoms with Gasteiger partial charge in [0.2, 0.25) is 0 Å². The average molecular weight is 303 g/mol. The van der Waals surface area contributed by atoms with Crippen LogP contribution in [0.15, 0.2) is 30.3 Å². The molecule has 22 heavy (non-hydrogen) atoms. The summed E-state index contributed by atoms with van der Waals surface area (Å²) in [7, 11) is 2.58. The molecular weight excluding hydrogens is 282 g/mol.